The lowest BCUT2D eigenvalue weighted by Crippen LogP contribution is -2.47. The lowest BCUT2D eigenvalue weighted by atomic mass is 10.1. The highest BCUT2D eigenvalue weighted by Gasteiger charge is 2.01. The summed E-state index contributed by atoms with van der Waals surface area (Å²) in [6.07, 6.45) is 5.23. The fraction of sp³-hybridized carbons (Fsp3) is 0.176. The lowest BCUT2D eigenvalue weighted by Gasteiger charge is -1.94. The summed E-state index contributed by atoms with van der Waals surface area (Å²) in [4.78, 5) is 32.6. The van der Waals surface area contributed by atoms with E-state index in [1.54, 1.807) is 12.2 Å². The Kier molecular flexibility index (Phi) is 3.55. The van der Waals surface area contributed by atoms with Crippen LogP contribution in [-0.4, -0.2) is 15.0 Å². The van der Waals surface area contributed by atoms with Gasteiger partial charge in [0.25, 0.3) is 11.1 Å². The highest BCUT2D eigenvalue weighted by molar-refractivity contribution is 5.88. The molecule has 0 aliphatic rings. The average Bonchev–Trinajstić information content (AvgIpc) is 2.87. The maximum atomic E-state index is 12.1. The molecule has 1 aromatic carbocycles. The molecule has 0 fully saturated rings. The molecule has 0 aliphatic heterocycles. The Morgan fingerprint density at radius 3 is 2.45 bits per heavy atom. The minimum Gasteiger partial charge on any atom is -0.361 e. The summed E-state index contributed by atoms with van der Waals surface area (Å²) < 4.78 is 0. The van der Waals surface area contributed by atoms with Crippen LogP contribution in [0.4, 0.5) is 0 Å². The van der Waals surface area contributed by atoms with Crippen LogP contribution in [0.15, 0.2) is 40.1 Å². The third kappa shape index (κ3) is 2.65. The van der Waals surface area contributed by atoms with Crippen LogP contribution in [0.1, 0.15) is 19.4 Å². The molecule has 5 nitrogen and oxygen atoms in total. The quantitative estimate of drug-likeness (QED) is 0.654. The SMILES string of the molecule is CC(C)/C=c1\[nH]c(=O)/c(=C\c2c[nH]c3ccccc23)[nH]c1=O. The molecule has 3 rings (SSSR count). The van der Waals surface area contributed by atoms with Crippen molar-refractivity contribution < 1.29 is 0 Å². The average molecular weight is 295 g/mol. The third-order valence-electron chi connectivity index (χ3n) is 3.41. The zero-order valence-corrected chi connectivity index (χ0v) is 12.4. The molecule has 0 spiro atoms. The van der Waals surface area contributed by atoms with E-state index < -0.39 is 0 Å². The van der Waals surface area contributed by atoms with Crippen LogP contribution in [-0.2, 0) is 0 Å². The van der Waals surface area contributed by atoms with Gasteiger partial charge in [-0.3, -0.25) is 9.59 Å². The van der Waals surface area contributed by atoms with Crippen molar-refractivity contribution in [3.8, 4) is 0 Å². The van der Waals surface area contributed by atoms with Gasteiger partial charge in [-0.25, -0.2) is 0 Å². The standard InChI is InChI=1S/C17H17N3O2/c1-10(2)7-14-16(21)20-15(17(22)19-14)8-11-9-18-13-6-4-3-5-12(11)13/h3-10,18H,1-2H3,(H,19,22)(H,20,21)/b14-7-,15-8+. The fourth-order valence-electron chi connectivity index (χ4n) is 2.41. The molecule has 0 unspecified atom stereocenters. The topological polar surface area (TPSA) is 81.5 Å². The molecule has 0 amide bonds. The van der Waals surface area contributed by atoms with Gasteiger partial charge < -0.3 is 15.0 Å². The van der Waals surface area contributed by atoms with Crippen LogP contribution in [0.5, 0.6) is 0 Å². The van der Waals surface area contributed by atoms with Crippen molar-refractivity contribution in [2.75, 3.05) is 0 Å². The van der Waals surface area contributed by atoms with Gasteiger partial charge >= 0.3 is 0 Å². The maximum absolute atomic E-state index is 12.1. The first-order valence-corrected chi connectivity index (χ1v) is 7.17. The number of aromatic amines is 3. The number of rotatable bonds is 2. The molecule has 2 aromatic heterocycles. The number of hydrogen-bond donors (Lipinski definition) is 3. The van der Waals surface area contributed by atoms with E-state index in [1.807, 2.05) is 44.3 Å². The van der Waals surface area contributed by atoms with E-state index in [1.165, 1.54) is 0 Å². The van der Waals surface area contributed by atoms with Gasteiger partial charge in [-0.05, 0) is 18.1 Å². The molecule has 3 aromatic rings. The van der Waals surface area contributed by atoms with Crippen LogP contribution < -0.4 is 21.8 Å². The van der Waals surface area contributed by atoms with Gasteiger partial charge in [0.05, 0.1) is 0 Å². The molecule has 0 aliphatic carbocycles. The van der Waals surface area contributed by atoms with Crippen molar-refractivity contribution in [1.82, 2.24) is 15.0 Å². The largest absolute Gasteiger partial charge is 0.361 e. The van der Waals surface area contributed by atoms with Crippen LogP contribution in [0, 0.1) is 5.92 Å². The molecule has 112 valence electrons. The number of H-pyrrole nitrogens is 3. The van der Waals surface area contributed by atoms with E-state index in [0.29, 0.717) is 5.35 Å². The van der Waals surface area contributed by atoms with E-state index in [2.05, 4.69) is 15.0 Å². The number of aromatic nitrogens is 3. The van der Waals surface area contributed by atoms with E-state index >= 15 is 0 Å². The first-order chi connectivity index (χ1) is 10.5. The fourth-order valence-corrected chi connectivity index (χ4v) is 2.41. The van der Waals surface area contributed by atoms with Crippen molar-refractivity contribution >= 4 is 23.1 Å². The van der Waals surface area contributed by atoms with Crippen LogP contribution in [0.2, 0.25) is 0 Å². The number of nitrogens with one attached hydrogen (secondary N) is 3. The molecule has 2 heterocycles. The molecule has 0 radical (unpaired) electrons. The molecule has 0 saturated carbocycles. The van der Waals surface area contributed by atoms with Gasteiger partial charge in [-0.2, -0.15) is 0 Å². The van der Waals surface area contributed by atoms with Crippen molar-refractivity contribution in [1.29, 1.82) is 0 Å². The zero-order valence-electron chi connectivity index (χ0n) is 12.4. The molecule has 3 N–H and O–H groups in total. The summed E-state index contributed by atoms with van der Waals surface area (Å²) in [6, 6.07) is 7.79. The Hall–Kier alpha value is -2.82. The smallest absolute Gasteiger partial charge is 0.272 e. The summed E-state index contributed by atoms with van der Waals surface area (Å²) in [6.45, 7) is 3.90. The second-order valence-corrected chi connectivity index (χ2v) is 5.58. The first kappa shape index (κ1) is 14.1. The Bertz CT molecular complexity index is 1050. The second-order valence-electron chi connectivity index (χ2n) is 5.58. The van der Waals surface area contributed by atoms with Gasteiger partial charge in [-0.1, -0.05) is 38.1 Å². The van der Waals surface area contributed by atoms with Gasteiger partial charge in [-0.15, -0.1) is 0 Å². The monoisotopic (exact) mass is 295 g/mol. The predicted molar refractivity (Wildman–Crippen MR) is 88.1 cm³/mol. The van der Waals surface area contributed by atoms with Crippen molar-refractivity contribution in [3.63, 3.8) is 0 Å². The zero-order chi connectivity index (χ0) is 15.7. The van der Waals surface area contributed by atoms with Crippen molar-refractivity contribution in [2.45, 2.75) is 13.8 Å². The Balaban J connectivity index is 2.23. The maximum Gasteiger partial charge on any atom is 0.272 e. The first-order valence-electron chi connectivity index (χ1n) is 7.17. The molecular weight excluding hydrogens is 278 g/mol. The second kappa shape index (κ2) is 5.52. The summed E-state index contributed by atoms with van der Waals surface area (Å²) in [5.41, 5.74) is 1.24. The number of hydrogen-bond acceptors (Lipinski definition) is 2. The normalized spacial score (nSPS) is 13.4. The summed E-state index contributed by atoms with van der Waals surface area (Å²) in [5, 5.41) is 1.55. The van der Waals surface area contributed by atoms with Crippen LogP contribution in [0.25, 0.3) is 23.1 Å². The predicted octanol–water partition coefficient (Wildman–Crippen LogP) is 0.810. The summed E-state index contributed by atoms with van der Waals surface area (Å²) in [7, 11) is 0. The molecule has 0 bridgehead atoms. The number of benzene rings is 1. The summed E-state index contributed by atoms with van der Waals surface area (Å²) >= 11 is 0. The summed E-state index contributed by atoms with van der Waals surface area (Å²) in [5.74, 6) is 0.181. The van der Waals surface area contributed by atoms with Gasteiger partial charge in [0, 0.05) is 22.7 Å². The van der Waals surface area contributed by atoms with Crippen molar-refractivity contribution in [3.05, 3.63) is 67.4 Å². The Morgan fingerprint density at radius 2 is 1.68 bits per heavy atom. The molecular formula is C17H17N3O2. The highest BCUT2D eigenvalue weighted by Crippen LogP contribution is 2.17. The van der Waals surface area contributed by atoms with E-state index in [0.717, 1.165) is 16.5 Å². The van der Waals surface area contributed by atoms with Crippen LogP contribution in [0.3, 0.4) is 0 Å². The van der Waals surface area contributed by atoms with Crippen molar-refractivity contribution in [2.24, 2.45) is 5.92 Å². The molecule has 0 saturated heterocycles. The van der Waals surface area contributed by atoms with Crippen LogP contribution >= 0.6 is 0 Å². The van der Waals surface area contributed by atoms with E-state index in [4.69, 9.17) is 0 Å². The molecule has 5 heteroatoms. The van der Waals surface area contributed by atoms with Gasteiger partial charge in [0.15, 0.2) is 0 Å². The van der Waals surface area contributed by atoms with Gasteiger partial charge in [0.1, 0.15) is 10.7 Å². The third-order valence-corrected chi connectivity index (χ3v) is 3.41. The minimum absolute atomic E-state index is 0.181. The molecule has 0 atom stereocenters. The Labute approximate surface area is 126 Å². The highest BCUT2D eigenvalue weighted by atomic mass is 16.1. The minimum atomic E-state index is -0.309. The lowest BCUT2D eigenvalue weighted by molar-refractivity contribution is 0.866. The number of fused-ring (bicyclic) bond motifs is 1. The molecule has 22 heavy (non-hydrogen) atoms. The van der Waals surface area contributed by atoms with E-state index in [9.17, 15) is 9.59 Å². The number of para-hydroxylation sites is 1. The van der Waals surface area contributed by atoms with E-state index in [-0.39, 0.29) is 22.4 Å². The Morgan fingerprint density at radius 1 is 1.00 bits per heavy atom. The van der Waals surface area contributed by atoms with Gasteiger partial charge in [0.2, 0.25) is 0 Å².